The summed E-state index contributed by atoms with van der Waals surface area (Å²) in [6.45, 7) is 5.18. The molecule has 4 aromatic rings. The van der Waals surface area contributed by atoms with E-state index in [9.17, 15) is 32.8 Å². The number of carbonyl (C=O) groups excluding carboxylic acids is 2. The highest BCUT2D eigenvalue weighted by atomic mass is 19.4. The third-order valence-electron chi connectivity index (χ3n) is 6.93. The van der Waals surface area contributed by atoms with E-state index < -0.39 is 40.8 Å². The van der Waals surface area contributed by atoms with E-state index in [1.165, 1.54) is 61.1 Å². The van der Waals surface area contributed by atoms with Crippen LogP contribution in [-0.4, -0.2) is 29.6 Å². The van der Waals surface area contributed by atoms with Gasteiger partial charge in [-0.1, -0.05) is 37.3 Å². The molecule has 1 amide bonds. The zero-order valence-corrected chi connectivity index (χ0v) is 24.3. The molecular weight excluding hydrogens is 587 g/mol. The number of aromatic nitrogens is 1. The van der Waals surface area contributed by atoms with E-state index in [-0.39, 0.29) is 25.2 Å². The van der Waals surface area contributed by atoms with Crippen molar-refractivity contribution in [3.05, 3.63) is 117 Å². The Morgan fingerprint density at radius 2 is 1.69 bits per heavy atom. The third kappa shape index (κ3) is 7.78. The van der Waals surface area contributed by atoms with Gasteiger partial charge in [-0.3, -0.25) is 9.59 Å². The zero-order chi connectivity index (χ0) is 32.2. The molecule has 3 aromatic carbocycles. The molecule has 4 rings (SSSR count). The maximum Gasteiger partial charge on any atom is 0.417 e. The zero-order valence-electron chi connectivity index (χ0n) is 24.3. The molecule has 0 spiro atoms. The Balaban J connectivity index is 0.00000552. The van der Waals surface area contributed by atoms with Gasteiger partial charge in [-0.15, -0.1) is 0 Å². The summed E-state index contributed by atoms with van der Waals surface area (Å²) in [5, 5.41) is 12.0. The predicted octanol–water partition coefficient (Wildman–Crippen LogP) is 6.79. The van der Waals surface area contributed by atoms with Crippen LogP contribution in [0.3, 0.4) is 0 Å². The molecule has 8 nitrogen and oxygen atoms in total. The van der Waals surface area contributed by atoms with Crippen LogP contribution in [0.2, 0.25) is 0 Å². The second-order valence-electron chi connectivity index (χ2n) is 10.1. The third-order valence-corrected chi connectivity index (χ3v) is 6.93. The van der Waals surface area contributed by atoms with Gasteiger partial charge in [0.1, 0.15) is 29.2 Å². The highest BCUT2D eigenvalue weighted by molar-refractivity contribution is 5.97. The quantitative estimate of drug-likeness (QED) is 0.218. The Kier molecular flexibility index (Phi) is 10.6. The van der Waals surface area contributed by atoms with Gasteiger partial charge in [-0.2, -0.15) is 18.4 Å². The lowest BCUT2D eigenvalue weighted by Crippen LogP contribution is -2.39. The number of methoxy groups -OCH3 is 1. The van der Waals surface area contributed by atoms with Crippen LogP contribution in [-0.2, 0) is 22.3 Å². The average molecular weight is 620 g/mol. The van der Waals surface area contributed by atoms with E-state index in [0.29, 0.717) is 22.6 Å². The van der Waals surface area contributed by atoms with Gasteiger partial charge in [-0.25, -0.2) is 4.79 Å². The number of esters is 1. The number of amides is 1. The van der Waals surface area contributed by atoms with Crippen LogP contribution in [0.5, 0.6) is 11.5 Å². The first-order valence-corrected chi connectivity index (χ1v) is 13.4. The number of carbonyl (C=O) groups is 2. The minimum atomic E-state index is -4.92. The van der Waals surface area contributed by atoms with Gasteiger partial charge < -0.3 is 19.4 Å². The van der Waals surface area contributed by atoms with Gasteiger partial charge in [0.2, 0.25) is 0 Å². The number of alkyl halides is 3. The van der Waals surface area contributed by atoms with Crippen molar-refractivity contribution in [2.45, 2.75) is 47.0 Å². The van der Waals surface area contributed by atoms with E-state index in [1.807, 2.05) is 26.0 Å². The summed E-state index contributed by atoms with van der Waals surface area (Å²) in [5.41, 5.74) is -0.290. The van der Waals surface area contributed by atoms with Gasteiger partial charge in [0.15, 0.2) is 0 Å². The minimum Gasteiger partial charge on any atom is -0.467 e. The molecule has 11 heteroatoms. The molecule has 0 radical (unpaired) electrons. The van der Waals surface area contributed by atoms with Crippen LogP contribution < -0.4 is 15.6 Å². The van der Waals surface area contributed by atoms with E-state index in [4.69, 9.17) is 4.74 Å². The summed E-state index contributed by atoms with van der Waals surface area (Å²) in [4.78, 5) is 37.5. The Bertz CT molecular complexity index is 1820. The number of nitriles is 1. The number of nitrogens with one attached hydrogen (secondary N) is 1. The molecule has 1 N–H and O–H groups in total. The van der Waals surface area contributed by atoms with Crippen LogP contribution in [0.25, 0.3) is 11.3 Å². The van der Waals surface area contributed by atoms with Gasteiger partial charge in [-0.05, 0) is 86.0 Å². The molecule has 0 unspecified atom stereocenters. The molecule has 0 aliphatic carbocycles. The summed E-state index contributed by atoms with van der Waals surface area (Å²) in [6, 6.07) is 19.2. The summed E-state index contributed by atoms with van der Waals surface area (Å²) in [5.74, 6) is -0.524. The fourth-order valence-electron chi connectivity index (χ4n) is 4.61. The molecule has 1 heterocycles. The maximum atomic E-state index is 13.9. The van der Waals surface area contributed by atoms with Crippen LogP contribution in [0.15, 0.2) is 77.6 Å². The first-order valence-electron chi connectivity index (χ1n) is 13.4. The minimum absolute atomic E-state index is 0. The Labute approximate surface area is 258 Å². The second kappa shape index (κ2) is 13.9. The topological polar surface area (TPSA) is 110 Å². The lowest BCUT2D eigenvalue weighted by atomic mass is 10.0. The molecular formula is C34H32F3N3O5. The van der Waals surface area contributed by atoms with Gasteiger partial charge >= 0.3 is 12.1 Å². The summed E-state index contributed by atoms with van der Waals surface area (Å²) >= 11 is 0. The van der Waals surface area contributed by atoms with E-state index in [2.05, 4.69) is 10.1 Å². The average Bonchev–Trinajstić information content (AvgIpc) is 2.98. The van der Waals surface area contributed by atoms with Crippen LogP contribution in [0.4, 0.5) is 13.2 Å². The van der Waals surface area contributed by atoms with Crippen molar-refractivity contribution in [3.63, 3.8) is 0 Å². The highest BCUT2D eigenvalue weighted by Crippen LogP contribution is 2.34. The highest BCUT2D eigenvalue weighted by Gasteiger charge is 2.36. The Hall–Kier alpha value is -5.37. The van der Waals surface area contributed by atoms with Crippen LogP contribution in [0.1, 0.15) is 52.5 Å². The number of hydrogen-bond donors (Lipinski definition) is 1. The monoisotopic (exact) mass is 619 g/mol. The number of halogens is 3. The molecule has 1 atom stereocenters. The smallest absolute Gasteiger partial charge is 0.417 e. The van der Waals surface area contributed by atoms with E-state index in [1.54, 1.807) is 18.2 Å². The molecule has 0 fully saturated rings. The summed E-state index contributed by atoms with van der Waals surface area (Å²) in [7, 11) is 1.21. The van der Waals surface area contributed by atoms with Gasteiger partial charge in [0, 0.05) is 5.56 Å². The molecule has 0 aliphatic rings. The molecule has 0 saturated carbocycles. The largest absolute Gasteiger partial charge is 0.467 e. The maximum absolute atomic E-state index is 13.9. The second-order valence-corrected chi connectivity index (χ2v) is 10.1. The van der Waals surface area contributed by atoms with E-state index >= 15 is 0 Å². The standard InChI is InChI=1S/C33H28F3N3O5.CH4/c1-19-8-9-24(20(2)14-19)18-39-29(16-28(33(34,35)36)27(17-37)31(39)41)22-10-12-25(13-11-22)44-26-7-5-6-23(15-26)30(40)38-21(3)32(42)43-4;/h5-16,21H,18H2,1-4H3,(H,38,40);1H4/t21-;/m1./s1. The normalized spacial score (nSPS) is 11.5. The number of rotatable bonds is 8. The number of nitrogens with zero attached hydrogens (tertiary/aromatic N) is 2. The van der Waals surface area contributed by atoms with Crippen LogP contribution >= 0.6 is 0 Å². The number of ether oxygens (including phenoxy) is 2. The molecule has 45 heavy (non-hydrogen) atoms. The lowest BCUT2D eigenvalue weighted by molar-refractivity contribution is -0.142. The lowest BCUT2D eigenvalue weighted by Gasteiger charge is -2.19. The molecule has 0 bridgehead atoms. The number of hydrogen-bond acceptors (Lipinski definition) is 6. The van der Waals surface area contributed by atoms with Crippen molar-refractivity contribution in [2.75, 3.05) is 7.11 Å². The molecule has 234 valence electrons. The SMILES string of the molecule is C.COC(=O)[C@@H](C)NC(=O)c1cccc(Oc2ccc(-c3cc(C(F)(F)F)c(C#N)c(=O)n3Cc3ccc(C)cc3C)cc2)c1. The number of aryl methyl sites for hydroxylation is 2. The first kappa shape index (κ1) is 34.1. The Morgan fingerprint density at radius 1 is 1.00 bits per heavy atom. The molecule has 0 saturated heterocycles. The molecule has 0 aliphatic heterocycles. The van der Waals surface area contributed by atoms with Crippen LogP contribution in [0, 0.1) is 25.2 Å². The van der Waals surface area contributed by atoms with Crippen molar-refractivity contribution in [1.82, 2.24) is 9.88 Å². The van der Waals surface area contributed by atoms with Crippen molar-refractivity contribution >= 4 is 11.9 Å². The fourth-order valence-corrected chi connectivity index (χ4v) is 4.61. The summed E-state index contributed by atoms with van der Waals surface area (Å²) in [6.07, 6.45) is -4.92. The van der Waals surface area contributed by atoms with Gasteiger partial charge in [0.25, 0.3) is 11.5 Å². The van der Waals surface area contributed by atoms with Crippen molar-refractivity contribution in [1.29, 1.82) is 5.26 Å². The predicted molar refractivity (Wildman–Crippen MR) is 163 cm³/mol. The van der Waals surface area contributed by atoms with Crippen molar-refractivity contribution < 1.29 is 32.2 Å². The van der Waals surface area contributed by atoms with Crippen molar-refractivity contribution in [2.24, 2.45) is 0 Å². The number of benzene rings is 3. The Morgan fingerprint density at radius 3 is 2.29 bits per heavy atom. The number of pyridine rings is 1. The van der Waals surface area contributed by atoms with Gasteiger partial charge in [0.05, 0.1) is 24.9 Å². The van der Waals surface area contributed by atoms with E-state index in [0.717, 1.165) is 17.2 Å². The molecule has 1 aromatic heterocycles. The summed E-state index contributed by atoms with van der Waals surface area (Å²) < 4.78 is 53.4. The fraction of sp³-hybridized carbons (Fsp3) is 0.235. The van der Waals surface area contributed by atoms with Crippen molar-refractivity contribution in [3.8, 4) is 28.8 Å². The first-order chi connectivity index (χ1) is 20.8.